The molecule has 2 aromatic rings. The summed E-state index contributed by atoms with van der Waals surface area (Å²) in [6.07, 6.45) is 4.49. The van der Waals surface area contributed by atoms with Crippen LogP contribution < -0.4 is 4.90 Å². The Hall–Kier alpha value is -1.88. The van der Waals surface area contributed by atoms with Crippen LogP contribution >= 0.6 is 11.3 Å². The molecule has 0 atom stereocenters. The van der Waals surface area contributed by atoms with E-state index in [1.54, 1.807) is 23.5 Å². The Balaban J connectivity index is 1.72. The van der Waals surface area contributed by atoms with Crippen LogP contribution in [0.15, 0.2) is 30.4 Å². The van der Waals surface area contributed by atoms with Gasteiger partial charge in [0, 0.05) is 26.2 Å². The molecule has 1 aromatic carbocycles. The first-order chi connectivity index (χ1) is 10.7. The SMILES string of the molecule is C/C=C/C(=O)N1CCN(c2nc3ccc(CC)cc3s2)CC1. The van der Waals surface area contributed by atoms with Gasteiger partial charge in [0.1, 0.15) is 0 Å². The Kier molecular flexibility index (Phi) is 4.43. The standard InChI is InChI=1S/C17H21N3OS/c1-3-5-16(21)19-8-10-20(11-9-19)17-18-14-7-6-13(4-2)12-15(14)22-17/h3,5-7,12H,4,8-11H2,1-2H3/b5-3+. The number of benzene rings is 1. The number of rotatable bonds is 3. The predicted octanol–water partition coefficient (Wildman–Crippen LogP) is 3.08. The highest BCUT2D eigenvalue weighted by atomic mass is 32.1. The second kappa shape index (κ2) is 6.48. The van der Waals surface area contributed by atoms with Crippen LogP contribution in [0.5, 0.6) is 0 Å². The van der Waals surface area contributed by atoms with E-state index in [1.807, 2.05) is 11.8 Å². The molecule has 1 aliphatic rings. The number of aryl methyl sites for hydroxylation is 1. The molecule has 2 heterocycles. The van der Waals surface area contributed by atoms with E-state index in [0.29, 0.717) is 0 Å². The van der Waals surface area contributed by atoms with E-state index >= 15 is 0 Å². The van der Waals surface area contributed by atoms with Crippen LogP contribution in [0.3, 0.4) is 0 Å². The first kappa shape index (κ1) is 15.0. The highest BCUT2D eigenvalue weighted by Crippen LogP contribution is 2.30. The van der Waals surface area contributed by atoms with Crippen LogP contribution in [0.25, 0.3) is 10.2 Å². The number of hydrogen-bond acceptors (Lipinski definition) is 4. The van der Waals surface area contributed by atoms with Gasteiger partial charge in [0.05, 0.1) is 10.2 Å². The third kappa shape index (κ3) is 2.99. The zero-order chi connectivity index (χ0) is 15.5. The monoisotopic (exact) mass is 315 g/mol. The molecule has 0 bridgehead atoms. The second-order valence-electron chi connectivity index (χ2n) is 5.46. The molecule has 0 aliphatic carbocycles. The summed E-state index contributed by atoms with van der Waals surface area (Å²) in [7, 11) is 0. The minimum atomic E-state index is 0.110. The fourth-order valence-corrected chi connectivity index (χ4v) is 3.76. The van der Waals surface area contributed by atoms with Gasteiger partial charge in [-0.2, -0.15) is 0 Å². The van der Waals surface area contributed by atoms with Crippen LogP contribution in [-0.4, -0.2) is 42.0 Å². The number of hydrogen-bond donors (Lipinski definition) is 0. The quantitative estimate of drug-likeness (QED) is 0.817. The van der Waals surface area contributed by atoms with Gasteiger partial charge in [-0.25, -0.2) is 4.98 Å². The van der Waals surface area contributed by atoms with Crippen LogP contribution in [-0.2, 0) is 11.2 Å². The molecule has 1 aromatic heterocycles. The number of aromatic nitrogens is 1. The Bertz CT molecular complexity index is 699. The number of fused-ring (bicyclic) bond motifs is 1. The zero-order valence-electron chi connectivity index (χ0n) is 13.1. The molecular weight excluding hydrogens is 294 g/mol. The maximum atomic E-state index is 11.9. The second-order valence-corrected chi connectivity index (χ2v) is 6.47. The van der Waals surface area contributed by atoms with Gasteiger partial charge in [-0.3, -0.25) is 4.79 Å². The number of nitrogens with zero attached hydrogens (tertiary/aromatic N) is 3. The fraction of sp³-hybridized carbons (Fsp3) is 0.412. The maximum absolute atomic E-state index is 11.9. The third-order valence-corrected chi connectivity index (χ3v) is 5.10. The van der Waals surface area contributed by atoms with Crippen molar-refractivity contribution >= 4 is 32.6 Å². The summed E-state index contributed by atoms with van der Waals surface area (Å²) in [5.41, 5.74) is 2.43. The van der Waals surface area contributed by atoms with Gasteiger partial charge in [-0.15, -0.1) is 0 Å². The molecule has 0 radical (unpaired) electrons. The van der Waals surface area contributed by atoms with Crippen LogP contribution in [0, 0.1) is 0 Å². The lowest BCUT2D eigenvalue weighted by Gasteiger charge is -2.34. The molecule has 5 heteroatoms. The van der Waals surface area contributed by atoms with Crippen molar-refractivity contribution in [3.05, 3.63) is 35.9 Å². The minimum Gasteiger partial charge on any atom is -0.345 e. The largest absolute Gasteiger partial charge is 0.345 e. The number of piperazine rings is 1. The molecule has 1 fully saturated rings. The lowest BCUT2D eigenvalue weighted by Crippen LogP contribution is -2.48. The minimum absolute atomic E-state index is 0.110. The summed E-state index contributed by atoms with van der Waals surface area (Å²) in [6.45, 7) is 7.27. The van der Waals surface area contributed by atoms with Gasteiger partial charge in [0.25, 0.3) is 0 Å². The van der Waals surface area contributed by atoms with Crippen molar-refractivity contribution in [3.8, 4) is 0 Å². The zero-order valence-corrected chi connectivity index (χ0v) is 13.9. The molecule has 3 rings (SSSR count). The van der Waals surface area contributed by atoms with Gasteiger partial charge in [0.15, 0.2) is 5.13 Å². The number of thiazole rings is 1. The van der Waals surface area contributed by atoms with E-state index in [1.165, 1.54) is 10.3 Å². The van der Waals surface area contributed by atoms with Gasteiger partial charge >= 0.3 is 0 Å². The molecular formula is C17H21N3OS. The van der Waals surface area contributed by atoms with Gasteiger partial charge in [-0.05, 0) is 37.1 Å². The molecule has 4 nitrogen and oxygen atoms in total. The number of allylic oxidation sites excluding steroid dienone is 1. The summed E-state index contributed by atoms with van der Waals surface area (Å²) in [5, 5.41) is 1.07. The van der Waals surface area contributed by atoms with Gasteiger partial charge < -0.3 is 9.80 Å². The molecule has 1 aliphatic heterocycles. The van der Waals surface area contributed by atoms with Gasteiger partial charge in [0.2, 0.25) is 5.91 Å². The first-order valence-corrected chi connectivity index (χ1v) is 8.59. The molecule has 1 saturated heterocycles. The average molecular weight is 315 g/mol. The summed E-state index contributed by atoms with van der Waals surface area (Å²) in [6, 6.07) is 6.50. The van der Waals surface area contributed by atoms with E-state index < -0.39 is 0 Å². The van der Waals surface area contributed by atoms with E-state index in [0.717, 1.165) is 43.2 Å². The highest BCUT2D eigenvalue weighted by Gasteiger charge is 2.21. The van der Waals surface area contributed by atoms with E-state index in [4.69, 9.17) is 4.98 Å². The molecule has 0 saturated carbocycles. The van der Waals surface area contributed by atoms with Crippen molar-refractivity contribution < 1.29 is 4.79 Å². The van der Waals surface area contributed by atoms with Crippen molar-refractivity contribution in [2.75, 3.05) is 31.1 Å². The third-order valence-electron chi connectivity index (χ3n) is 4.02. The lowest BCUT2D eigenvalue weighted by molar-refractivity contribution is -0.126. The normalized spacial score (nSPS) is 15.9. The molecule has 1 amide bonds. The summed E-state index contributed by atoms with van der Waals surface area (Å²) in [4.78, 5) is 20.8. The fourth-order valence-electron chi connectivity index (χ4n) is 2.68. The topological polar surface area (TPSA) is 36.4 Å². The van der Waals surface area contributed by atoms with Crippen LogP contribution in [0.2, 0.25) is 0 Å². The van der Waals surface area contributed by atoms with E-state index in [9.17, 15) is 4.79 Å². The molecule has 0 N–H and O–H groups in total. The summed E-state index contributed by atoms with van der Waals surface area (Å²) >= 11 is 1.75. The smallest absolute Gasteiger partial charge is 0.246 e. The van der Waals surface area contributed by atoms with Crippen molar-refractivity contribution in [1.82, 2.24) is 9.88 Å². The Labute approximate surface area is 135 Å². The number of amides is 1. The number of anilines is 1. The number of carbonyl (C=O) groups excluding carboxylic acids is 1. The van der Waals surface area contributed by atoms with Crippen LogP contribution in [0.4, 0.5) is 5.13 Å². The number of carbonyl (C=O) groups is 1. The van der Waals surface area contributed by atoms with Crippen molar-refractivity contribution in [3.63, 3.8) is 0 Å². The Morgan fingerprint density at radius 2 is 2.09 bits per heavy atom. The molecule has 22 heavy (non-hydrogen) atoms. The Morgan fingerprint density at radius 3 is 2.77 bits per heavy atom. The molecule has 0 spiro atoms. The van der Waals surface area contributed by atoms with Gasteiger partial charge in [-0.1, -0.05) is 30.4 Å². The lowest BCUT2D eigenvalue weighted by atomic mass is 10.2. The Morgan fingerprint density at radius 1 is 1.32 bits per heavy atom. The van der Waals surface area contributed by atoms with Crippen molar-refractivity contribution in [2.24, 2.45) is 0 Å². The van der Waals surface area contributed by atoms with Crippen molar-refractivity contribution in [2.45, 2.75) is 20.3 Å². The maximum Gasteiger partial charge on any atom is 0.246 e. The highest BCUT2D eigenvalue weighted by molar-refractivity contribution is 7.22. The molecule has 0 unspecified atom stereocenters. The summed E-state index contributed by atoms with van der Waals surface area (Å²) in [5.74, 6) is 0.110. The van der Waals surface area contributed by atoms with E-state index in [-0.39, 0.29) is 5.91 Å². The molecule has 116 valence electrons. The predicted molar refractivity (Wildman–Crippen MR) is 92.6 cm³/mol. The van der Waals surface area contributed by atoms with Crippen LogP contribution in [0.1, 0.15) is 19.4 Å². The average Bonchev–Trinajstić information content (AvgIpc) is 2.98. The first-order valence-electron chi connectivity index (χ1n) is 7.77. The van der Waals surface area contributed by atoms with Crippen molar-refractivity contribution in [1.29, 1.82) is 0 Å². The van der Waals surface area contributed by atoms with E-state index in [2.05, 4.69) is 30.0 Å². The summed E-state index contributed by atoms with van der Waals surface area (Å²) < 4.78 is 1.25.